The summed E-state index contributed by atoms with van der Waals surface area (Å²) in [6.07, 6.45) is 1.12. The Kier molecular flexibility index (Phi) is 4.03. The van der Waals surface area contributed by atoms with Gasteiger partial charge in [0.05, 0.1) is 0 Å². The molecule has 1 aliphatic carbocycles. The molecule has 0 radical (unpaired) electrons. The molecule has 1 heteroatoms. The van der Waals surface area contributed by atoms with Crippen molar-refractivity contribution in [2.24, 2.45) is 0 Å². The molecule has 3 aromatic carbocycles. The van der Waals surface area contributed by atoms with Crippen molar-refractivity contribution in [1.29, 1.82) is 0 Å². The van der Waals surface area contributed by atoms with Crippen LogP contribution in [0.4, 0.5) is 0 Å². The first-order chi connectivity index (χ1) is 13.2. The van der Waals surface area contributed by atoms with Crippen LogP contribution < -0.4 is 0 Å². The summed E-state index contributed by atoms with van der Waals surface area (Å²) in [6, 6.07) is 29.0. The largest absolute Gasteiger partial charge is 0.0895 e. The summed E-state index contributed by atoms with van der Waals surface area (Å²) in [6.45, 7) is 4.59. The summed E-state index contributed by atoms with van der Waals surface area (Å²) in [5.74, 6) is 2.98. The zero-order valence-electron chi connectivity index (χ0n) is 15.8. The fourth-order valence-corrected chi connectivity index (χ4v) is 7.13. The van der Waals surface area contributed by atoms with E-state index in [0.717, 1.165) is 6.42 Å². The maximum Gasteiger partial charge on any atom is 0.0145 e. The van der Waals surface area contributed by atoms with Gasteiger partial charge < -0.3 is 0 Å². The van der Waals surface area contributed by atoms with Gasteiger partial charge in [0.1, 0.15) is 0 Å². The summed E-state index contributed by atoms with van der Waals surface area (Å²) in [7, 11) is -0.359. The molecule has 132 valence electrons. The average molecular weight is 366 g/mol. The molecule has 27 heavy (non-hydrogen) atoms. The third-order valence-electron chi connectivity index (χ3n) is 6.03. The van der Waals surface area contributed by atoms with Gasteiger partial charge in [-0.05, 0) is 70.0 Å². The van der Waals surface area contributed by atoms with E-state index in [2.05, 4.69) is 98.5 Å². The van der Waals surface area contributed by atoms with E-state index in [1.165, 1.54) is 38.7 Å². The molecular weight excluding hydrogens is 343 g/mol. The van der Waals surface area contributed by atoms with E-state index in [0.29, 0.717) is 5.92 Å². The minimum Gasteiger partial charge on any atom is -0.0895 e. The number of benzene rings is 3. The van der Waals surface area contributed by atoms with Crippen LogP contribution in [0, 0.1) is 13.8 Å². The summed E-state index contributed by atoms with van der Waals surface area (Å²) in [5.41, 5.74) is 8.79. The second kappa shape index (κ2) is 6.55. The number of rotatable bonds is 3. The highest BCUT2D eigenvalue weighted by Gasteiger charge is 2.29. The normalized spacial score (nSPS) is 13.5. The van der Waals surface area contributed by atoms with E-state index >= 15 is 0 Å². The molecule has 1 aliphatic rings. The van der Waals surface area contributed by atoms with Crippen LogP contribution in [0.15, 0.2) is 84.7 Å². The van der Waals surface area contributed by atoms with Gasteiger partial charge in [-0.3, -0.25) is 0 Å². The molecule has 0 fully saturated rings. The average Bonchev–Trinajstić information content (AvgIpc) is 3.19. The molecule has 0 nitrogen and oxygen atoms in total. The zero-order chi connectivity index (χ0) is 18.4. The summed E-state index contributed by atoms with van der Waals surface area (Å²) >= 11 is 0. The van der Waals surface area contributed by atoms with E-state index in [-0.39, 0.29) is 7.53 Å². The minimum atomic E-state index is -0.359. The molecule has 0 saturated heterocycles. The second-order valence-electron chi connectivity index (χ2n) is 7.52. The van der Waals surface area contributed by atoms with E-state index in [4.69, 9.17) is 0 Å². The molecule has 1 atom stereocenters. The Morgan fingerprint density at radius 1 is 0.704 bits per heavy atom. The van der Waals surface area contributed by atoms with Gasteiger partial charge in [0, 0.05) is 5.92 Å². The Morgan fingerprint density at radius 3 is 1.89 bits per heavy atom. The molecular formula is C26H23P. The molecule has 1 aromatic heterocycles. The van der Waals surface area contributed by atoms with E-state index in [1.807, 2.05) is 0 Å². The van der Waals surface area contributed by atoms with Crippen molar-refractivity contribution in [2.45, 2.75) is 26.2 Å². The lowest BCUT2D eigenvalue weighted by Gasteiger charge is -2.16. The Morgan fingerprint density at radius 2 is 1.26 bits per heavy atom. The van der Waals surface area contributed by atoms with Gasteiger partial charge in [0.15, 0.2) is 0 Å². The highest BCUT2D eigenvalue weighted by atomic mass is 31.1. The Bertz CT molecular complexity index is 1070. The standard InChI is InChI=1S/C26H23P/c1-18-17-27(20-10-4-3-5-11-20)26(19(18)2)16-25-23-14-8-6-12-21(23)22-13-7-9-15-24(22)25/h3-15,17,25H,16H2,1-2H3. The third kappa shape index (κ3) is 2.68. The first-order valence-corrected chi connectivity index (χ1v) is 11.1. The highest BCUT2D eigenvalue weighted by molar-refractivity contribution is 7.57. The lowest BCUT2D eigenvalue weighted by atomic mass is 9.92. The topological polar surface area (TPSA) is 0 Å². The predicted molar refractivity (Wildman–Crippen MR) is 117 cm³/mol. The fraction of sp³-hybridized carbons (Fsp3) is 0.154. The quantitative estimate of drug-likeness (QED) is 0.349. The van der Waals surface area contributed by atoms with Crippen molar-refractivity contribution in [3.8, 4) is 16.4 Å². The Hall–Kier alpha value is -2.56. The van der Waals surface area contributed by atoms with Crippen LogP contribution in [0.2, 0.25) is 0 Å². The van der Waals surface area contributed by atoms with Crippen molar-refractivity contribution >= 4 is 7.53 Å². The Labute approximate surface area is 162 Å². The summed E-state index contributed by atoms with van der Waals surface area (Å²) in [5, 5.41) is 3.11. The lowest BCUT2D eigenvalue weighted by molar-refractivity contribution is 0.834. The van der Waals surface area contributed by atoms with Crippen LogP contribution in [-0.4, -0.2) is 0 Å². The molecule has 4 aromatic rings. The fourth-order valence-electron chi connectivity index (χ4n) is 4.52. The number of fused-ring (bicyclic) bond motifs is 3. The van der Waals surface area contributed by atoms with E-state index in [9.17, 15) is 0 Å². The monoisotopic (exact) mass is 366 g/mol. The first-order valence-electron chi connectivity index (χ1n) is 9.65. The van der Waals surface area contributed by atoms with E-state index in [1.54, 1.807) is 5.30 Å². The Balaban J connectivity index is 1.65. The van der Waals surface area contributed by atoms with Gasteiger partial charge in [0.25, 0.3) is 0 Å². The molecule has 0 bridgehead atoms. The first kappa shape index (κ1) is 16.6. The minimum absolute atomic E-state index is 0.359. The lowest BCUT2D eigenvalue weighted by Crippen LogP contribution is -2.01. The van der Waals surface area contributed by atoms with Crippen molar-refractivity contribution < 1.29 is 0 Å². The number of aryl methyl sites for hydroxylation is 1. The second-order valence-corrected chi connectivity index (χ2v) is 9.58. The molecule has 0 aliphatic heterocycles. The predicted octanol–water partition coefficient (Wildman–Crippen LogP) is 7.63. The smallest absolute Gasteiger partial charge is 0.0145 e. The molecule has 1 heterocycles. The van der Waals surface area contributed by atoms with Crippen LogP contribution in [0.1, 0.15) is 33.5 Å². The summed E-state index contributed by atoms with van der Waals surface area (Å²) in [4.78, 5) is 0. The summed E-state index contributed by atoms with van der Waals surface area (Å²) < 4.78 is 0. The van der Waals surface area contributed by atoms with Crippen LogP contribution in [0.5, 0.6) is 0 Å². The van der Waals surface area contributed by atoms with Gasteiger partial charge >= 0.3 is 0 Å². The van der Waals surface area contributed by atoms with Crippen LogP contribution in [-0.2, 0) is 6.42 Å². The van der Waals surface area contributed by atoms with E-state index < -0.39 is 0 Å². The SMILES string of the molecule is Cc1cp(-c2ccccc2)c(CC2c3ccccc3-c3ccccc32)c1C. The molecule has 0 N–H and O–H groups in total. The maximum absolute atomic E-state index is 2.52. The molecule has 5 rings (SSSR count). The van der Waals surface area contributed by atoms with Gasteiger partial charge in [-0.15, -0.1) is 0 Å². The third-order valence-corrected chi connectivity index (χ3v) is 8.63. The van der Waals surface area contributed by atoms with Crippen molar-refractivity contribution in [2.75, 3.05) is 0 Å². The van der Waals surface area contributed by atoms with Crippen molar-refractivity contribution in [1.82, 2.24) is 0 Å². The van der Waals surface area contributed by atoms with Gasteiger partial charge in [-0.25, -0.2) is 0 Å². The van der Waals surface area contributed by atoms with Crippen LogP contribution in [0.25, 0.3) is 16.4 Å². The molecule has 0 spiro atoms. The molecule has 0 saturated carbocycles. The van der Waals surface area contributed by atoms with Crippen LogP contribution >= 0.6 is 7.53 Å². The molecule has 1 unspecified atom stereocenters. The maximum atomic E-state index is 2.52. The molecule has 0 amide bonds. The zero-order valence-corrected chi connectivity index (χ0v) is 16.7. The van der Waals surface area contributed by atoms with Crippen LogP contribution in [0.3, 0.4) is 0 Å². The number of hydrogen-bond acceptors (Lipinski definition) is 0. The van der Waals surface area contributed by atoms with Crippen molar-refractivity contribution in [3.05, 3.63) is 112 Å². The van der Waals surface area contributed by atoms with Crippen molar-refractivity contribution in [3.63, 3.8) is 0 Å². The highest BCUT2D eigenvalue weighted by Crippen LogP contribution is 2.52. The number of hydrogen-bond donors (Lipinski definition) is 0. The van der Waals surface area contributed by atoms with Gasteiger partial charge in [0.2, 0.25) is 0 Å². The van der Waals surface area contributed by atoms with Gasteiger partial charge in [-0.2, -0.15) is 0 Å². The van der Waals surface area contributed by atoms with Gasteiger partial charge in [-0.1, -0.05) is 86.4 Å².